The van der Waals surface area contributed by atoms with Crippen LogP contribution in [0, 0.1) is 9.39 Å². The van der Waals surface area contributed by atoms with Gasteiger partial charge in [-0.15, -0.1) is 0 Å². The summed E-state index contributed by atoms with van der Waals surface area (Å²) in [5.41, 5.74) is 1.65. The Morgan fingerprint density at radius 2 is 2.00 bits per heavy atom. The van der Waals surface area contributed by atoms with Gasteiger partial charge in [0, 0.05) is 25.8 Å². The zero-order chi connectivity index (χ0) is 12.3. The number of rotatable bonds is 3. The summed E-state index contributed by atoms with van der Waals surface area (Å²) >= 11 is 5.59. The molecule has 2 aromatic rings. The fourth-order valence-electron chi connectivity index (χ4n) is 1.47. The molecule has 1 N–H and O–H groups in total. The molecular weight excluding hydrogens is 396 g/mol. The quantitative estimate of drug-likeness (QED) is 0.723. The first kappa shape index (κ1) is 12.8. The van der Waals surface area contributed by atoms with Crippen LogP contribution < -0.4 is 5.32 Å². The molecule has 0 aliphatic carbocycles. The molecule has 2 aromatic carbocycles. The average Bonchev–Trinajstić information content (AvgIpc) is 2.30. The van der Waals surface area contributed by atoms with Crippen molar-refractivity contribution in [2.24, 2.45) is 0 Å². The minimum atomic E-state index is -0.189. The third-order valence-electron chi connectivity index (χ3n) is 2.32. The first-order chi connectivity index (χ1) is 8.15. The Balaban J connectivity index is 2.09. The van der Waals surface area contributed by atoms with Crippen LogP contribution in [-0.2, 0) is 6.54 Å². The molecule has 2 rings (SSSR count). The monoisotopic (exact) mass is 405 g/mol. The lowest BCUT2D eigenvalue weighted by molar-refractivity contribution is 0.612. The van der Waals surface area contributed by atoms with Crippen LogP contribution in [0.2, 0.25) is 0 Å². The maximum atomic E-state index is 13.5. The molecule has 0 saturated heterocycles. The molecule has 0 amide bonds. The number of nitrogens with one attached hydrogen (secondary N) is 1. The highest BCUT2D eigenvalue weighted by Gasteiger charge is 2.02. The van der Waals surface area contributed by atoms with Crippen molar-refractivity contribution < 1.29 is 4.39 Å². The number of anilines is 1. The zero-order valence-electron chi connectivity index (χ0n) is 8.88. The Labute approximate surface area is 122 Å². The molecule has 0 heterocycles. The first-order valence-corrected chi connectivity index (χ1v) is 6.96. The zero-order valence-corrected chi connectivity index (χ0v) is 12.6. The summed E-state index contributed by atoms with van der Waals surface area (Å²) in [4.78, 5) is 0. The van der Waals surface area contributed by atoms with E-state index in [-0.39, 0.29) is 5.82 Å². The second-order valence-electron chi connectivity index (χ2n) is 3.60. The number of halogens is 3. The smallest absolute Gasteiger partial charge is 0.128 e. The number of benzene rings is 2. The van der Waals surface area contributed by atoms with E-state index in [2.05, 4.69) is 43.8 Å². The van der Waals surface area contributed by atoms with Gasteiger partial charge < -0.3 is 5.32 Å². The fraction of sp³-hybridized carbons (Fsp3) is 0.0769. The van der Waals surface area contributed by atoms with Crippen molar-refractivity contribution >= 4 is 44.2 Å². The normalized spacial score (nSPS) is 10.3. The predicted octanol–water partition coefficient (Wildman–Crippen LogP) is 4.80. The molecule has 0 bridgehead atoms. The van der Waals surface area contributed by atoms with Crippen molar-refractivity contribution in [1.29, 1.82) is 0 Å². The molecule has 0 aromatic heterocycles. The van der Waals surface area contributed by atoms with Crippen molar-refractivity contribution in [3.63, 3.8) is 0 Å². The van der Waals surface area contributed by atoms with Crippen molar-refractivity contribution in [3.8, 4) is 0 Å². The molecule has 88 valence electrons. The summed E-state index contributed by atoms with van der Waals surface area (Å²) in [5, 5.41) is 3.20. The van der Waals surface area contributed by atoms with Crippen LogP contribution in [0.15, 0.2) is 46.9 Å². The highest BCUT2D eigenvalue weighted by atomic mass is 127. The predicted molar refractivity (Wildman–Crippen MR) is 80.6 cm³/mol. The second kappa shape index (κ2) is 5.82. The summed E-state index contributed by atoms with van der Waals surface area (Å²) in [6.45, 7) is 0.478. The summed E-state index contributed by atoms with van der Waals surface area (Å²) in [6.07, 6.45) is 0. The largest absolute Gasteiger partial charge is 0.381 e. The van der Waals surface area contributed by atoms with E-state index in [1.54, 1.807) is 12.1 Å². The van der Waals surface area contributed by atoms with Crippen molar-refractivity contribution in [2.75, 3.05) is 5.32 Å². The van der Waals surface area contributed by atoms with E-state index in [0.29, 0.717) is 12.1 Å². The summed E-state index contributed by atoms with van der Waals surface area (Å²) in [6, 6.07) is 12.9. The molecule has 1 nitrogen and oxygen atoms in total. The first-order valence-electron chi connectivity index (χ1n) is 5.08. The third kappa shape index (κ3) is 3.67. The van der Waals surface area contributed by atoms with Crippen LogP contribution in [0.4, 0.5) is 10.1 Å². The minimum Gasteiger partial charge on any atom is -0.381 e. The van der Waals surface area contributed by atoms with Crippen LogP contribution >= 0.6 is 38.5 Å². The summed E-state index contributed by atoms with van der Waals surface area (Å²) < 4.78 is 15.5. The Kier molecular flexibility index (Phi) is 4.39. The van der Waals surface area contributed by atoms with E-state index in [1.165, 1.54) is 6.07 Å². The molecule has 17 heavy (non-hydrogen) atoms. The lowest BCUT2D eigenvalue weighted by Gasteiger charge is -2.08. The molecular formula is C13H10BrFIN. The molecule has 0 fully saturated rings. The van der Waals surface area contributed by atoms with Gasteiger partial charge in [-0.25, -0.2) is 4.39 Å². The molecule has 0 radical (unpaired) electrons. The molecule has 0 aliphatic rings. The Hall–Kier alpha value is -0.620. The van der Waals surface area contributed by atoms with Gasteiger partial charge in [0.05, 0.1) is 0 Å². The van der Waals surface area contributed by atoms with E-state index in [9.17, 15) is 4.39 Å². The SMILES string of the molecule is Fc1ccc(Br)cc1CNc1cccc(I)c1. The Morgan fingerprint density at radius 3 is 2.76 bits per heavy atom. The van der Waals surface area contributed by atoms with Gasteiger partial charge >= 0.3 is 0 Å². The van der Waals surface area contributed by atoms with Crippen molar-refractivity contribution in [3.05, 3.63) is 61.9 Å². The molecule has 0 spiro atoms. The van der Waals surface area contributed by atoms with Crippen LogP contribution in [0.5, 0.6) is 0 Å². The van der Waals surface area contributed by atoms with Crippen molar-refractivity contribution in [1.82, 2.24) is 0 Å². The van der Waals surface area contributed by atoms with Gasteiger partial charge in [0.25, 0.3) is 0 Å². The maximum Gasteiger partial charge on any atom is 0.128 e. The van der Waals surface area contributed by atoms with E-state index in [1.807, 2.05) is 24.3 Å². The highest BCUT2D eigenvalue weighted by Crippen LogP contribution is 2.18. The maximum absolute atomic E-state index is 13.5. The van der Waals surface area contributed by atoms with Crippen molar-refractivity contribution in [2.45, 2.75) is 6.54 Å². The summed E-state index contributed by atoms with van der Waals surface area (Å²) in [7, 11) is 0. The van der Waals surface area contributed by atoms with E-state index in [0.717, 1.165) is 13.7 Å². The molecule has 0 atom stereocenters. The van der Waals surface area contributed by atoms with Gasteiger partial charge in [0.15, 0.2) is 0 Å². The molecule has 0 aliphatic heterocycles. The van der Waals surface area contributed by atoms with Crippen LogP contribution in [0.1, 0.15) is 5.56 Å². The molecule has 0 unspecified atom stereocenters. The Bertz CT molecular complexity index is 531. The Morgan fingerprint density at radius 1 is 1.18 bits per heavy atom. The van der Waals surface area contributed by atoms with Gasteiger partial charge in [-0.2, -0.15) is 0 Å². The third-order valence-corrected chi connectivity index (χ3v) is 3.48. The topological polar surface area (TPSA) is 12.0 Å². The standard InChI is InChI=1S/C13H10BrFIN/c14-10-4-5-13(15)9(6-10)8-17-12-3-1-2-11(16)7-12/h1-7,17H,8H2. The van der Waals surface area contributed by atoms with Gasteiger partial charge in [-0.3, -0.25) is 0 Å². The average molecular weight is 406 g/mol. The van der Waals surface area contributed by atoms with Gasteiger partial charge in [0.2, 0.25) is 0 Å². The number of hydrogen-bond donors (Lipinski definition) is 1. The van der Waals surface area contributed by atoms with E-state index in [4.69, 9.17) is 0 Å². The van der Waals surface area contributed by atoms with E-state index < -0.39 is 0 Å². The van der Waals surface area contributed by atoms with Gasteiger partial charge in [-0.05, 0) is 59.0 Å². The van der Waals surface area contributed by atoms with Crippen LogP contribution in [0.25, 0.3) is 0 Å². The lowest BCUT2D eigenvalue weighted by Crippen LogP contribution is -2.01. The van der Waals surface area contributed by atoms with Crippen LogP contribution in [0.3, 0.4) is 0 Å². The molecule has 0 saturated carbocycles. The number of hydrogen-bond acceptors (Lipinski definition) is 1. The molecule has 4 heteroatoms. The minimum absolute atomic E-state index is 0.189. The van der Waals surface area contributed by atoms with Crippen LogP contribution in [-0.4, -0.2) is 0 Å². The fourth-order valence-corrected chi connectivity index (χ4v) is 2.43. The lowest BCUT2D eigenvalue weighted by atomic mass is 10.2. The highest BCUT2D eigenvalue weighted by molar-refractivity contribution is 14.1. The van der Waals surface area contributed by atoms with Gasteiger partial charge in [-0.1, -0.05) is 22.0 Å². The summed E-state index contributed by atoms with van der Waals surface area (Å²) in [5.74, 6) is -0.189. The second-order valence-corrected chi connectivity index (χ2v) is 5.76. The van der Waals surface area contributed by atoms with E-state index >= 15 is 0 Å². The van der Waals surface area contributed by atoms with Gasteiger partial charge in [0.1, 0.15) is 5.82 Å².